The summed E-state index contributed by atoms with van der Waals surface area (Å²) < 4.78 is 3.75. The number of amides is 1. The number of rotatable bonds is 5. The van der Waals surface area contributed by atoms with E-state index >= 15 is 0 Å². The van der Waals surface area contributed by atoms with Gasteiger partial charge in [0.15, 0.2) is 5.65 Å². The predicted octanol–water partition coefficient (Wildman–Crippen LogP) is 3.27. The lowest BCUT2D eigenvalue weighted by Gasteiger charge is -2.19. The minimum Gasteiger partial charge on any atom is -0.338 e. The van der Waals surface area contributed by atoms with Gasteiger partial charge in [-0.1, -0.05) is 30.3 Å². The largest absolute Gasteiger partial charge is 0.338 e. The van der Waals surface area contributed by atoms with Crippen molar-refractivity contribution in [2.45, 2.75) is 25.9 Å². The number of aryl methyl sites for hydroxylation is 1. The van der Waals surface area contributed by atoms with Crippen LogP contribution in [0, 0.1) is 0 Å². The number of hydrogen-bond donors (Lipinski definition) is 1. The van der Waals surface area contributed by atoms with Crippen LogP contribution >= 0.6 is 0 Å². The van der Waals surface area contributed by atoms with Crippen molar-refractivity contribution < 1.29 is 4.79 Å². The highest BCUT2D eigenvalue weighted by molar-refractivity contribution is 5.97. The Hall–Kier alpha value is -3.48. The van der Waals surface area contributed by atoms with Gasteiger partial charge in [-0.25, -0.2) is 14.6 Å². The smallest absolute Gasteiger partial charge is 0.253 e. The Kier molecular flexibility index (Phi) is 4.65. The molecule has 0 aliphatic heterocycles. The van der Waals surface area contributed by atoms with E-state index in [-0.39, 0.29) is 18.0 Å². The lowest BCUT2D eigenvalue weighted by Crippen LogP contribution is -2.31. The van der Waals surface area contributed by atoms with Crippen LogP contribution in [0.3, 0.4) is 0 Å². The first-order valence-corrected chi connectivity index (χ1v) is 9.21. The topological polar surface area (TPSA) is 77.6 Å². The summed E-state index contributed by atoms with van der Waals surface area (Å²) in [5, 5.41) is 8.30. The lowest BCUT2D eigenvalue weighted by molar-refractivity contribution is 0.0941. The first-order valence-electron chi connectivity index (χ1n) is 9.21. The Morgan fingerprint density at radius 1 is 1.11 bits per heavy atom. The van der Waals surface area contributed by atoms with Crippen molar-refractivity contribution in [3.63, 3.8) is 0 Å². The molecule has 1 N–H and O–H groups in total. The summed E-state index contributed by atoms with van der Waals surface area (Å²) in [5.41, 5.74) is 2.23. The zero-order valence-corrected chi connectivity index (χ0v) is 16.1. The van der Waals surface area contributed by atoms with E-state index in [4.69, 9.17) is 0 Å². The average molecular weight is 374 g/mol. The molecule has 4 rings (SSSR count). The van der Waals surface area contributed by atoms with Crippen LogP contribution in [0.5, 0.6) is 0 Å². The Morgan fingerprint density at radius 3 is 2.57 bits per heavy atom. The Balaban J connectivity index is 1.66. The number of carbonyl (C=O) groups is 1. The molecule has 0 aliphatic rings. The summed E-state index contributed by atoms with van der Waals surface area (Å²) in [6.07, 6.45) is 6.93. The van der Waals surface area contributed by atoms with Gasteiger partial charge in [0.1, 0.15) is 11.9 Å². The molecule has 1 atom stereocenters. The summed E-state index contributed by atoms with van der Waals surface area (Å²) in [5.74, 6) is 0.560. The number of fused-ring (bicyclic) bond motifs is 1. The summed E-state index contributed by atoms with van der Waals surface area (Å²) in [6, 6.07) is 11.5. The number of nitrogens with one attached hydrogen (secondary N) is 1. The number of benzene rings is 1. The first kappa shape index (κ1) is 17.9. The summed E-state index contributed by atoms with van der Waals surface area (Å²) in [4.78, 5) is 21.9. The lowest BCUT2D eigenvalue weighted by atomic mass is 10.1. The van der Waals surface area contributed by atoms with Crippen molar-refractivity contribution in [3.05, 3.63) is 78.1 Å². The number of imidazole rings is 1. The van der Waals surface area contributed by atoms with Crippen molar-refractivity contribution in [2.24, 2.45) is 7.05 Å². The fraction of sp³-hybridized carbons (Fsp3) is 0.238. The molecule has 142 valence electrons. The molecular formula is C21H22N6O. The molecule has 0 saturated carbocycles. The molecule has 7 heteroatoms. The zero-order valence-electron chi connectivity index (χ0n) is 16.1. The van der Waals surface area contributed by atoms with Gasteiger partial charge in [-0.2, -0.15) is 5.10 Å². The van der Waals surface area contributed by atoms with Gasteiger partial charge in [-0.3, -0.25) is 4.79 Å². The number of hydrogen-bond acceptors (Lipinski definition) is 4. The van der Waals surface area contributed by atoms with E-state index in [0.717, 1.165) is 22.4 Å². The number of nitrogens with zero attached hydrogens (tertiary/aromatic N) is 5. The molecule has 0 bridgehead atoms. The van der Waals surface area contributed by atoms with E-state index in [2.05, 4.69) is 20.4 Å². The molecule has 1 aromatic carbocycles. The zero-order chi connectivity index (χ0) is 19.7. The highest BCUT2D eigenvalue weighted by Crippen LogP contribution is 2.22. The minimum absolute atomic E-state index is 0.204. The number of carbonyl (C=O) groups excluding carboxylic acids is 1. The van der Waals surface area contributed by atoms with Crippen molar-refractivity contribution in [1.29, 1.82) is 0 Å². The third-order valence-corrected chi connectivity index (χ3v) is 4.71. The van der Waals surface area contributed by atoms with Crippen molar-refractivity contribution in [2.75, 3.05) is 0 Å². The van der Waals surface area contributed by atoms with Gasteiger partial charge >= 0.3 is 0 Å². The average Bonchev–Trinajstić information content (AvgIpc) is 3.32. The monoisotopic (exact) mass is 374 g/mol. The van der Waals surface area contributed by atoms with Crippen LogP contribution in [0.2, 0.25) is 0 Å². The van der Waals surface area contributed by atoms with E-state index < -0.39 is 0 Å². The molecule has 7 nitrogen and oxygen atoms in total. The second-order valence-electron chi connectivity index (χ2n) is 7.03. The highest BCUT2D eigenvalue weighted by atomic mass is 16.1. The van der Waals surface area contributed by atoms with E-state index in [0.29, 0.717) is 5.56 Å². The molecular weight excluding hydrogens is 352 g/mol. The summed E-state index contributed by atoms with van der Waals surface area (Å²) in [6.45, 7) is 4.10. The van der Waals surface area contributed by atoms with Crippen molar-refractivity contribution >= 4 is 16.9 Å². The Morgan fingerprint density at radius 2 is 1.89 bits per heavy atom. The van der Waals surface area contributed by atoms with Crippen LogP contribution < -0.4 is 5.32 Å². The number of pyridine rings is 1. The van der Waals surface area contributed by atoms with Crippen LogP contribution in [-0.2, 0) is 7.05 Å². The van der Waals surface area contributed by atoms with Crippen LogP contribution in [0.25, 0.3) is 11.0 Å². The molecule has 0 saturated heterocycles. The molecule has 1 amide bonds. The predicted molar refractivity (Wildman–Crippen MR) is 107 cm³/mol. The maximum atomic E-state index is 13.0. The van der Waals surface area contributed by atoms with Crippen LogP contribution in [0.1, 0.15) is 47.7 Å². The standard InChI is InChI=1S/C21H22N6O/c1-14(2)27-19-16(13-24-27)11-17(12-23-19)21(28)25-18(15-7-5-4-6-8-15)20-22-9-10-26(20)3/h4-14,18H,1-3H3,(H,25,28)/t18-/m1/s1. The van der Waals surface area contributed by atoms with Gasteiger partial charge in [0.05, 0.1) is 11.8 Å². The summed E-state index contributed by atoms with van der Waals surface area (Å²) >= 11 is 0. The van der Waals surface area contributed by atoms with Gasteiger partial charge in [-0.05, 0) is 25.5 Å². The van der Waals surface area contributed by atoms with Crippen LogP contribution in [-0.4, -0.2) is 30.2 Å². The quantitative estimate of drug-likeness (QED) is 0.582. The van der Waals surface area contributed by atoms with Gasteiger partial charge in [-0.15, -0.1) is 0 Å². The molecule has 0 unspecified atom stereocenters. The SMILES string of the molecule is CC(C)n1ncc2cc(C(=O)N[C@H](c3ccccc3)c3nccn3C)cnc21. The number of aromatic nitrogens is 5. The van der Waals surface area contributed by atoms with Crippen molar-refractivity contribution in [3.8, 4) is 0 Å². The molecule has 0 aliphatic carbocycles. The molecule has 0 spiro atoms. The Labute approximate surface area is 163 Å². The fourth-order valence-electron chi connectivity index (χ4n) is 3.25. The minimum atomic E-state index is -0.359. The fourth-order valence-corrected chi connectivity index (χ4v) is 3.25. The van der Waals surface area contributed by atoms with E-state index in [9.17, 15) is 4.79 Å². The maximum Gasteiger partial charge on any atom is 0.253 e. The first-order chi connectivity index (χ1) is 13.5. The maximum absolute atomic E-state index is 13.0. The van der Waals surface area contributed by atoms with Crippen LogP contribution in [0.15, 0.2) is 61.2 Å². The molecule has 3 heterocycles. The van der Waals surface area contributed by atoms with Gasteiger partial charge in [0.2, 0.25) is 0 Å². The van der Waals surface area contributed by atoms with Crippen molar-refractivity contribution in [1.82, 2.24) is 29.6 Å². The molecule has 3 aromatic heterocycles. The third-order valence-electron chi connectivity index (χ3n) is 4.71. The third kappa shape index (κ3) is 3.26. The highest BCUT2D eigenvalue weighted by Gasteiger charge is 2.22. The van der Waals surface area contributed by atoms with Gasteiger partial charge in [0.25, 0.3) is 5.91 Å². The van der Waals surface area contributed by atoms with E-state index in [1.807, 2.05) is 72.7 Å². The van der Waals surface area contributed by atoms with E-state index in [1.165, 1.54) is 0 Å². The molecule has 0 fully saturated rings. The van der Waals surface area contributed by atoms with Gasteiger partial charge < -0.3 is 9.88 Å². The van der Waals surface area contributed by atoms with E-state index in [1.54, 1.807) is 18.6 Å². The molecule has 4 aromatic rings. The van der Waals surface area contributed by atoms with Gasteiger partial charge in [0, 0.05) is 37.1 Å². The molecule has 28 heavy (non-hydrogen) atoms. The second-order valence-corrected chi connectivity index (χ2v) is 7.03. The Bertz CT molecular complexity index is 1110. The molecule has 0 radical (unpaired) electrons. The summed E-state index contributed by atoms with van der Waals surface area (Å²) in [7, 11) is 1.92. The second kappa shape index (κ2) is 7.26. The van der Waals surface area contributed by atoms with Crippen LogP contribution in [0.4, 0.5) is 0 Å². The normalized spacial score (nSPS) is 12.4.